The number of hydrogen-bond donors (Lipinski definition) is 7. The van der Waals surface area contributed by atoms with E-state index in [1.807, 2.05) is 4.90 Å². The number of carbonyl (C=O) groups excluding carboxylic acids is 1. The van der Waals surface area contributed by atoms with E-state index in [-0.39, 0.29) is 61.6 Å². The van der Waals surface area contributed by atoms with Crippen LogP contribution < -0.4 is 27.7 Å². The van der Waals surface area contributed by atoms with Gasteiger partial charge in [0.1, 0.15) is 36.0 Å². The van der Waals surface area contributed by atoms with Gasteiger partial charge < -0.3 is 46.1 Å². The van der Waals surface area contributed by atoms with Crippen LogP contribution >= 0.6 is 19.4 Å². The number of fused-ring (bicyclic) bond motifs is 2. The number of hydrogen-bond acceptors (Lipinski definition) is 18. The summed E-state index contributed by atoms with van der Waals surface area (Å²) in [6.45, 7) is 8.10. The largest absolute Gasteiger partial charge is 0.387 e. The number of nitrogen functional groups attached to an aromatic ring is 2. The van der Waals surface area contributed by atoms with Crippen LogP contribution in [0.15, 0.2) is 22.4 Å². The molecule has 1 amide bonds. The number of H-pyrrole nitrogens is 1. The molecule has 2 unspecified atom stereocenters. The number of amides is 1. The summed E-state index contributed by atoms with van der Waals surface area (Å²) in [6.07, 6.45) is -1.38. The van der Waals surface area contributed by atoms with Gasteiger partial charge in [0.15, 0.2) is 29.2 Å². The molecule has 22 heteroatoms. The Bertz CT molecular complexity index is 1810. The van der Waals surface area contributed by atoms with Crippen LogP contribution in [-0.2, 0) is 23.1 Å². The number of nitrogens with zero attached hydrogens (tertiary/aromatic N) is 7. The minimum Gasteiger partial charge on any atom is -0.387 e. The molecule has 9 N–H and O–H groups in total. The fourth-order valence-corrected chi connectivity index (χ4v) is 8.44. The number of aromatic nitrogens is 6. The Morgan fingerprint density at radius 3 is 2.64 bits per heavy atom. The first-order valence-electron chi connectivity index (χ1n) is 15.9. The molecule has 0 bridgehead atoms. The standard InChI is InChI=1S/C28H43N12O8PS/c1-5-46-49(45,47-6-2)14-39(8-7-31-25(44)20-28(3,4)38-22-17(35-20)24(43)37-27(30)36-22)9-10-50-11-15-18(41)19(42)26(48-15)40-13-34-16-21(29)32-12-33-23(16)40/h12-13,15,18-19,26,41-42H,5-11,14H2,1-4H3,(H,31,44)(H2,29,32,33)(H4,30,36,37,38,43)/t15-,18?,19?,26-/m1/s1. The van der Waals surface area contributed by atoms with Crippen molar-refractivity contribution in [1.82, 2.24) is 39.7 Å². The summed E-state index contributed by atoms with van der Waals surface area (Å²) in [5.74, 6) is 0.627. The quantitative estimate of drug-likeness (QED) is 0.0754. The van der Waals surface area contributed by atoms with Crippen molar-refractivity contribution in [3.8, 4) is 0 Å². The lowest BCUT2D eigenvalue weighted by atomic mass is 9.95. The third-order valence-corrected chi connectivity index (χ3v) is 11.0. The van der Waals surface area contributed by atoms with E-state index in [1.165, 1.54) is 29.0 Å². The Kier molecular flexibility index (Phi) is 11.8. The first-order valence-corrected chi connectivity index (χ1v) is 18.8. The summed E-state index contributed by atoms with van der Waals surface area (Å²) >= 11 is 1.46. The molecule has 2 aliphatic heterocycles. The van der Waals surface area contributed by atoms with Gasteiger partial charge in [0.25, 0.3) is 11.5 Å². The van der Waals surface area contributed by atoms with Gasteiger partial charge in [0.2, 0.25) is 5.95 Å². The third kappa shape index (κ3) is 8.26. The van der Waals surface area contributed by atoms with Crippen molar-refractivity contribution in [2.24, 2.45) is 4.99 Å². The molecule has 274 valence electrons. The SMILES string of the molecule is CCOP(=O)(CN(CCNC(=O)C1=Nc2c(nc(N)[nH]c2=O)NC1(C)C)CCSC[C@H]1O[C@@H](n2cnc3c(N)ncnc32)C(O)C1O)OCC. The molecule has 3 aromatic heterocycles. The van der Waals surface area contributed by atoms with Gasteiger partial charge in [-0.3, -0.25) is 28.6 Å². The maximum atomic E-state index is 13.4. The Morgan fingerprint density at radius 1 is 1.18 bits per heavy atom. The normalized spacial score (nSPS) is 21.6. The van der Waals surface area contributed by atoms with Crippen LogP contribution in [-0.4, -0.2) is 131 Å². The molecule has 50 heavy (non-hydrogen) atoms. The molecule has 0 saturated carbocycles. The van der Waals surface area contributed by atoms with Crippen molar-refractivity contribution in [2.45, 2.75) is 57.8 Å². The van der Waals surface area contributed by atoms with Crippen molar-refractivity contribution >= 4 is 65.4 Å². The van der Waals surface area contributed by atoms with E-state index in [0.29, 0.717) is 29.2 Å². The van der Waals surface area contributed by atoms with Gasteiger partial charge in [0.05, 0.1) is 31.2 Å². The number of ether oxygens (including phenoxy) is 1. The topological polar surface area (TPSA) is 283 Å². The number of carbonyl (C=O) groups is 1. The second-order valence-electron chi connectivity index (χ2n) is 12.0. The molecular weight excluding hydrogens is 695 g/mol. The molecule has 3 aromatic rings. The first-order chi connectivity index (χ1) is 23.8. The number of nitrogens with two attached hydrogens (primary N) is 2. The van der Waals surface area contributed by atoms with E-state index in [9.17, 15) is 24.4 Å². The zero-order chi connectivity index (χ0) is 36.2. The van der Waals surface area contributed by atoms with Gasteiger partial charge in [-0.25, -0.2) is 19.9 Å². The Labute approximate surface area is 291 Å². The van der Waals surface area contributed by atoms with E-state index in [0.717, 1.165) is 0 Å². The zero-order valence-electron chi connectivity index (χ0n) is 28.1. The zero-order valence-corrected chi connectivity index (χ0v) is 29.8. The summed E-state index contributed by atoms with van der Waals surface area (Å²) < 4.78 is 32.0. The molecule has 5 heterocycles. The number of aliphatic hydroxyl groups is 2. The van der Waals surface area contributed by atoms with Crippen LogP contribution in [0.5, 0.6) is 0 Å². The number of aromatic amines is 1. The van der Waals surface area contributed by atoms with Crippen LogP contribution in [0.4, 0.5) is 23.3 Å². The van der Waals surface area contributed by atoms with Crippen LogP contribution in [0.3, 0.4) is 0 Å². The number of aliphatic imine (C=N–C) groups is 1. The molecule has 20 nitrogen and oxygen atoms in total. The van der Waals surface area contributed by atoms with E-state index in [4.69, 9.17) is 25.3 Å². The molecule has 1 saturated heterocycles. The monoisotopic (exact) mass is 738 g/mol. The van der Waals surface area contributed by atoms with Crippen molar-refractivity contribution in [2.75, 3.05) is 67.4 Å². The van der Waals surface area contributed by atoms with Gasteiger partial charge in [-0.05, 0) is 27.7 Å². The number of thioether (sulfide) groups is 1. The molecule has 0 aliphatic carbocycles. The van der Waals surface area contributed by atoms with Crippen molar-refractivity contribution in [3.05, 3.63) is 23.0 Å². The van der Waals surface area contributed by atoms with E-state index in [1.54, 1.807) is 27.7 Å². The number of nitrogens with one attached hydrogen (secondary N) is 3. The maximum Gasteiger partial charge on any atom is 0.344 e. The lowest BCUT2D eigenvalue weighted by Gasteiger charge is -2.32. The number of anilines is 3. The van der Waals surface area contributed by atoms with Gasteiger partial charge in [0, 0.05) is 31.1 Å². The van der Waals surface area contributed by atoms with Crippen LogP contribution in [0.25, 0.3) is 11.2 Å². The minimum absolute atomic E-state index is 0.0308. The van der Waals surface area contributed by atoms with E-state index >= 15 is 0 Å². The van der Waals surface area contributed by atoms with E-state index in [2.05, 4.69) is 40.5 Å². The van der Waals surface area contributed by atoms with Crippen molar-refractivity contribution in [1.29, 1.82) is 0 Å². The number of rotatable bonds is 16. The maximum absolute atomic E-state index is 13.4. The molecule has 0 spiro atoms. The van der Waals surface area contributed by atoms with Crippen molar-refractivity contribution in [3.63, 3.8) is 0 Å². The molecular formula is C28H43N12O8PS. The first kappa shape index (κ1) is 37.6. The van der Waals surface area contributed by atoms with Gasteiger partial charge >= 0.3 is 7.60 Å². The average Bonchev–Trinajstić information content (AvgIpc) is 3.59. The lowest BCUT2D eigenvalue weighted by molar-refractivity contribution is -0.115. The van der Waals surface area contributed by atoms with Crippen LogP contribution in [0.2, 0.25) is 0 Å². The Balaban J connectivity index is 1.20. The summed E-state index contributed by atoms with van der Waals surface area (Å²) in [7, 11) is -3.49. The predicted octanol–water partition coefficient (Wildman–Crippen LogP) is 0.0450. The second kappa shape index (κ2) is 15.7. The van der Waals surface area contributed by atoms with Crippen LogP contribution in [0.1, 0.15) is 33.9 Å². The highest BCUT2D eigenvalue weighted by Gasteiger charge is 2.44. The molecule has 0 radical (unpaired) electrons. The van der Waals surface area contributed by atoms with Gasteiger partial charge in [-0.15, -0.1) is 0 Å². The smallest absolute Gasteiger partial charge is 0.344 e. The second-order valence-corrected chi connectivity index (χ2v) is 15.2. The highest BCUT2D eigenvalue weighted by molar-refractivity contribution is 7.99. The summed E-state index contributed by atoms with van der Waals surface area (Å²) in [5.41, 5.74) is 10.7. The average molecular weight is 739 g/mol. The van der Waals surface area contributed by atoms with Crippen LogP contribution in [0, 0.1) is 0 Å². The summed E-state index contributed by atoms with van der Waals surface area (Å²) in [5, 5.41) is 27.5. The fraction of sp³-hybridized carbons (Fsp3) is 0.607. The molecule has 4 atom stereocenters. The highest BCUT2D eigenvalue weighted by atomic mass is 32.2. The Hall–Kier alpha value is -3.69. The summed E-state index contributed by atoms with van der Waals surface area (Å²) in [4.78, 5) is 50.7. The third-order valence-electron chi connectivity index (χ3n) is 7.95. The number of imidazole rings is 1. The highest BCUT2D eigenvalue weighted by Crippen LogP contribution is 2.48. The molecule has 5 rings (SSSR count). The molecule has 1 fully saturated rings. The molecule has 2 aliphatic rings. The lowest BCUT2D eigenvalue weighted by Crippen LogP contribution is -2.51. The van der Waals surface area contributed by atoms with E-state index < -0.39 is 49.1 Å². The molecule has 0 aromatic carbocycles. The van der Waals surface area contributed by atoms with Crippen molar-refractivity contribution < 1.29 is 33.4 Å². The fourth-order valence-electron chi connectivity index (χ4n) is 5.58. The van der Waals surface area contributed by atoms with Gasteiger partial charge in [-0.2, -0.15) is 16.7 Å². The predicted molar refractivity (Wildman–Crippen MR) is 187 cm³/mol. The summed E-state index contributed by atoms with van der Waals surface area (Å²) in [6, 6.07) is 0. The minimum atomic E-state index is -3.49. The number of aliphatic hydroxyl groups excluding tert-OH is 2. The van der Waals surface area contributed by atoms with Gasteiger partial charge in [-0.1, -0.05) is 0 Å². The Morgan fingerprint density at radius 2 is 1.92 bits per heavy atom.